The molecule has 0 saturated carbocycles. The molecule has 0 amide bonds. The van der Waals surface area contributed by atoms with Crippen LogP contribution < -0.4 is 0 Å². The Morgan fingerprint density at radius 2 is 2.07 bits per heavy atom. The highest BCUT2D eigenvalue weighted by Crippen LogP contribution is 2.17. The van der Waals surface area contributed by atoms with Gasteiger partial charge in [-0.1, -0.05) is 30.3 Å². The fourth-order valence-corrected chi connectivity index (χ4v) is 1.20. The van der Waals surface area contributed by atoms with E-state index in [0.717, 1.165) is 5.56 Å². The van der Waals surface area contributed by atoms with Crippen molar-refractivity contribution >= 4 is 5.97 Å². The molecule has 0 spiro atoms. The summed E-state index contributed by atoms with van der Waals surface area (Å²) in [5.74, 6) is -0.292. The molecule has 0 aliphatic carbocycles. The van der Waals surface area contributed by atoms with Gasteiger partial charge in [0.05, 0.1) is 13.2 Å². The maximum absolute atomic E-state index is 10.8. The minimum atomic E-state index is -0.588. The molecule has 1 rings (SSSR count). The normalized spacial score (nSPS) is 12.1. The van der Waals surface area contributed by atoms with Gasteiger partial charge in [0.25, 0.3) is 0 Å². The van der Waals surface area contributed by atoms with Crippen molar-refractivity contribution in [3.63, 3.8) is 0 Å². The van der Waals surface area contributed by atoms with Crippen LogP contribution in [0.2, 0.25) is 0 Å². The third-order valence-electron chi connectivity index (χ3n) is 2.03. The second-order valence-electron chi connectivity index (χ2n) is 3.04. The summed E-state index contributed by atoms with van der Waals surface area (Å²) in [6.45, 7) is 0. The first kappa shape index (κ1) is 10.7. The summed E-state index contributed by atoms with van der Waals surface area (Å²) in [5, 5.41) is 9.66. The van der Waals surface area contributed by atoms with Gasteiger partial charge in [0.1, 0.15) is 0 Å². The average molecular weight is 194 g/mol. The Hall–Kier alpha value is -1.35. The van der Waals surface area contributed by atoms with Crippen LogP contribution in [0.4, 0.5) is 0 Å². The van der Waals surface area contributed by atoms with E-state index in [1.54, 1.807) is 0 Å². The van der Waals surface area contributed by atoms with E-state index in [0.29, 0.717) is 6.42 Å². The van der Waals surface area contributed by atoms with Gasteiger partial charge in [-0.3, -0.25) is 4.79 Å². The molecule has 0 aromatic heterocycles. The fraction of sp³-hybridized carbons (Fsp3) is 0.364. The van der Waals surface area contributed by atoms with Crippen LogP contribution in [-0.2, 0) is 9.53 Å². The highest BCUT2D eigenvalue weighted by molar-refractivity contribution is 5.69. The molecular formula is C11H14O3. The molecule has 1 aromatic rings. The summed E-state index contributed by atoms with van der Waals surface area (Å²) in [6, 6.07) is 9.27. The third kappa shape index (κ3) is 3.18. The summed E-state index contributed by atoms with van der Waals surface area (Å²) in [4.78, 5) is 10.8. The number of benzene rings is 1. The van der Waals surface area contributed by atoms with Crippen molar-refractivity contribution in [1.82, 2.24) is 0 Å². The Labute approximate surface area is 83.3 Å². The van der Waals surface area contributed by atoms with Gasteiger partial charge in [-0.15, -0.1) is 0 Å². The largest absolute Gasteiger partial charge is 0.469 e. The lowest BCUT2D eigenvalue weighted by atomic mass is 10.1. The average Bonchev–Trinajstić information content (AvgIpc) is 2.26. The minimum Gasteiger partial charge on any atom is -0.469 e. The van der Waals surface area contributed by atoms with Gasteiger partial charge in [-0.2, -0.15) is 0 Å². The van der Waals surface area contributed by atoms with Crippen molar-refractivity contribution < 1.29 is 14.6 Å². The summed E-state index contributed by atoms with van der Waals surface area (Å²) >= 11 is 0. The van der Waals surface area contributed by atoms with Crippen LogP contribution in [0.3, 0.4) is 0 Å². The van der Waals surface area contributed by atoms with Crippen molar-refractivity contribution in [2.75, 3.05) is 7.11 Å². The van der Waals surface area contributed by atoms with Gasteiger partial charge in [0.15, 0.2) is 0 Å². The van der Waals surface area contributed by atoms with E-state index in [-0.39, 0.29) is 12.4 Å². The summed E-state index contributed by atoms with van der Waals surface area (Å²) < 4.78 is 4.49. The van der Waals surface area contributed by atoms with E-state index < -0.39 is 6.10 Å². The summed E-state index contributed by atoms with van der Waals surface area (Å²) in [5.41, 5.74) is 0.830. The molecule has 0 saturated heterocycles. The highest BCUT2D eigenvalue weighted by Gasteiger charge is 2.09. The second-order valence-corrected chi connectivity index (χ2v) is 3.04. The van der Waals surface area contributed by atoms with Crippen molar-refractivity contribution in [1.29, 1.82) is 0 Å². The second kappa shape index (κ2) is 5.40. The van der Waals surface area contributed by atoms with E-state index in [2.05, 4.69) is 4.74 Å². The number of esters is 1. The van der Waals surface area contributed by atoms with Crippen LogP contribution in [0.25, 0.3) is 0 Å². The SMILES string of the molecule is COC(=O)CCC(O)c1ccccc1. The van der Waals surface area contributed by atoms with Gasteiger partial charge in [-0.05, 0) is 12.0 Å². The van der Waals surface area contributed by atoms with Crippen molar-refractivity contribution in [3.8, 4) is 0 Å². The van der Waals surface area contributed by atoms with Crippen LogP contribution in [0.1, 0.15) is 24.5 Å². The number of rotatable bonds is 4. The van der Waals surface area contributed by atoms with Crippen LogP contribution in [0.15, 0.2) is 30.3 Å². The number of hydrogen-bond acceptors (Lipinski definition) is 3. The van der Waals surface area contributed by atoms with Crippen molar-refractivity contribution in [2.45, 2.75) is 18.9 Å². The number of ether oxygens (including phenoxy) is 1. The maximum Gasteiger partial charge on any atom is 0.305 e. The fourth-order valence-electron chi connectivity index (χ4n) is 1.20. The predicted molar refractivity (Wildman–Crippen MR) is 52.7 cm³/mol. The molecule has 14 heavy (non-hydrogen) atoms. The monoisotopic (exact) mass is 194 g/mol. The molecule has 0 aliphatic heterocycles. The van der Waals surface area contributed by atoms with Crippen molar-refractivity contribution in [2.24, 2.45) is 0 Å². The zero-order valence-corrected chi connectivity index (χ0v) is 8.14. The molecule has 0 radical (unpaired) electrons. The van der Waals surface area contributed by atoms with Gasteiger partial charge in [0, 0.05) is 6.42 Å². The molecule has 0 aliphatic rings. The Kier molecular flexibility index (Phi) is 4.13. The molecule has 0 fully saturated rings. The number of carbonyl (C=O) groups is 1. The lowest BCUT2D eigenvalue weighted by Crippen LogP contribution is -2.04. The number of methoxy groups -OCH3 is 1. The number of aliphatic hydroxyl groups excluding tert-OH is 1. The molecule has 3 nitrogen and oxygen atoms in total. The van der Waals surface area contributed by atoms with E-state index in [9.17, 15) is 9.90 Å². The maximum atomic E-state index is 10.8. The first-order valence-electron chi connectivity index (χ1n) is 4.54. The Balaban J connectivity index is 2.43. The van der Waals surface area contributed by atoms with Crippen molar-refractivity contribution in [3.05, 3.63) is 35.9 Å². The predicted octanol–water partition coefficient (Wildman–Crippen LogP) is 1.67. The molecule has 1 unspecified atom stereocenters. The molecule has 76 valence electrons. The first-order valence-corrected chi connectivity index (χ1v) is 4.54. The lowest BCUT2D eigenvalue weighted by Gasteiger charge is -2.09. The van der Waals surface area contributed by atoms with Crippen LogP contribution in [-0.4, -0.2) is 18.2 Å². The van der Waals surface area contributed by atoms with Crippen LogP contribution in [0, 0.1) is 0 Å². The minimum absolute atomic E-state index is 0.243. The van der Waals surface area contributed by atoms with Gasteiger partial charge >= 0.3 is 5.97 Å². The Morgan fingerprint density at radius 3 is 2.64 bits per heavy atom. The molecular weight excluding hydrogens is 180 g/mol. The third-order valence-corrected chi connectivity index (χ3v) is 2.03. The highest BCUT2D eigenvalue weighted by atomic mass is 16.5. The number of hydrogen-bond donors (Lipinski definition) is 1. The smallest absolute Gasteiger partial charge is 0.305 e. The molecule has 1 N–H and O–H groups in total. The molecule has 1 aromatic carbocycles. The Bertz CT molecular complexity index is 282. The van der Waals surface area contributed by atoms with Crippen LogP contribution in [0.5, 0.6) is 0 Å². The standard InChI is InChI=1S/C11H14O3/c1-14-11(13)8-7-10(12)9-5-3-2-4-6-9/h2-6,10,12H,7-8H2,1H3. The molecule has 1 atom stereocenters. The molecule has 3 heteroatoms. The number of aliphatic hydroxyl groups is 1. The summed E-state index contributed by atoms with van der Waals surface area (Å²) in [7, 11) is 1.34. The summed E-state index contributed by atoms with van der Waals surface area (Å²) in [6.07, 6.45) is 0.0544. The zero-order valence-electron chi connectivity index (χ0n) is 8.14. The van der Waals surface area contributed by atoms with E-state index >= 15 is 0 Å². The first-order chi connectivity index (χ1) is 6.74. The van der Waals surface area contributed by atoms with Gasteiger partial charge in [0.2, 0.25) is 0 Å². The molecule has 0 bridgehead atoms. The van der Waals surface area contributed by atoms with E-state index in [4.69, 9.17) is 0 Å². The van der Waals surface area contributed by atoms with E-state index in [1.807, 2.05) is 30.3 Å². The Morgan fingerprint density at radius 1 is 1.43 bits per heavy atom. The topological polar surface area (TPSA) is 46.5 Å². The van der Waals surface area contributed by atoms with E-state index in [1.165, 1.54) is 7.11 Å². The zero-order chi connectivity index (χ0) is 10.4. The van der Waals surface area contributed by atoms with Gasteiger partial charge < -0.3 is 9.84 Å². The quantitative estimate of drug-likeness (QED) is 0.742. The molecule has 0 heterocycles. The lowest BCUT2D eigenvalue weighted by molar-refractivity contribution is -0.141. The van der Waals surface area contributed by atoms with Crippen LogP contribution >= 0.6 is 0 Å². The van der Waals surface area contributed by atoms with Gasteiger partial charge in [-0.25, -0.2) is 0 Å². The number of carbonyl (C=O) groups excluding carboxylic acids is 1.